The molecule has 1 saturated carbocycles. The zero-order chi connectivity index (χ0) is 13.7. The molecule has 0 radical (unpaired) electrons. The van der Waals surface area contributed by atoms with Gasteiger partial charge >= 0.3 is 0 Å². The molecule has 1 aromatic rings. The smallest absolute Gasteiger partial charge is 0.118 e. The monoisotopic (exact) mass is 298 g/mol. The van der Waals surface area contributed by atoms with Crippen LogP contribution in [0.2, 0.25) is 0 Å². The molecule has 0 bridgehead atoms. The predicted octanol–water partition coefficient (Wildman–Crippen LogP) is 4.70. The summed E-state index contributed by atoms with van der Waals surface area (Å²) in [6.07, 6.45) is 7.65. The Morgan fingerprint density at radius 1 is 1.15 bits per heavy atom. The third-order valence-corrected chi connectivity index (χ3v) is 4.46. The molecule has 0 spiro atoms. The van der Waals surface area contributed by atoms with Crippen molar-refractivity contribution in [2.75, 3.05) is 7.11 Å². The van der Waals surface area contributed by atoms with E-state index in [0.717, 1.165) is 44.3 Å². The number of hydrogen-bond donors (Lipinski definition) is 1. The molecule has 2 rings (SSSR count). The Morgan fingerprint density at radius 2 is 1.75 bits per heavy atom. The van der Waals surface area contributed by atoms with Crippen LogP contribution >= 0.6 is 12.4 Å². The Morgan fingerprint density at radius 3 is 2.25 bits per heavy atom. The highest BCUT2D eigenvalue weighted by Crippen LogP contribution is 2.42. The Kier molecular flexibility index (Phi) is 6.84. The number of benzene rings is 1. The molecule has 0 saturated heterocycles. The number of rotatable bonds is 5. The maximum absolute atomic E-state index is 11.0. The number of methoxy groups -OCH3 is 1. The van der Waals surface area contributed by atoms with Crippen molar-refractivity contribution >= 4 is 12.4 Å². The number of aliphatic hydroxyl groups is 1. The van der Waals surface area contributed by atoms with Gasteiger partial charge in [0.15, 0.2) is 0 Å². The van der Waals surface area contributed by atoms with Crippen LogP contribution in [0.25, 0.3) is 0 Å². The zero-order valence-corrected chi connectivity index (χ0v) is 13.4. The maximum atomic E-state index is 11.0. The minimum absolute atomic E-state index is 0. The lowest BCUT2D eigenvalue weighted by atomic mass is 9.71. The molecule has 0 amide bonds. The molecule has 1 aliphatic rings. The van der Waals surface area contributed by atoms with E-state index >= 15 is 0 Å². The minimum atomic E-state index is -0.497. The van der Waals surface area contributed by atoms with E-state index in [1.807, 2.05) is 12.1 Å². The summed E-state index contributed by atoms with van der Waals surface area (Å²) in [6, 6.07) is 8.24. The molecule has 114 valence electrons. The quantitative estimate of drug-likeness (QED) is 0.854. The van der Waals surface area contributed by atoms with Crippen molar-refractivity contribution < 1.29 is 9.84 Å². The van der Waals surface area contributed by atoms with Gasteiger partial charge in [-0.3, -0.25) is 0 Å². The summed E-state index contributed by atoms with van der Waals surface area (Å²) in [7, 11) is 1.69. The van der Waals surface area contributed by atoms with Gasteiger partial charge in [0.2, 0.25) is 0 Å². The molecule has 0 aromatic heterocycles. The molecule has 1 N–H and O–H groups in total. The van der Waals surface area contributed by atoms with E-state index in [-0.39, 0.29) is 18.3 Å². The van der Waals surface area contributed by atoms with E-state index in [1.54, 1.807) is 7.11 Å². The van der Waals surface area contributed by atoms with Gasteiger partial charge in [-0.2, -0.15) is 0 Å². The highest BCUT2D eigenvalue weighted by Gasteiger charge is 2.37. The third kappa shape index (κ3) is 3.89. The average molecular weight is 299 g/mol. The van der Waals surface area contributed by atoms with Crippen molar-refractivity contribution in [2.24, 2.45) is 0 Å². The summed E-state index contributed by atoms with van der Waals surface area (Å²) in [4.78, 5) is 0. The summed E-state index contributed by atoms with van der Waals surface area (Å²) >= 11 is 0. The molecule has 0 aliphatic heterocycles. The Labute approximate surface area is 129 Å². The van der Waals surface area contributed by atoms with Gasteiger partial charge in [0.05, 0.1) is 12.7 Å². The van der Waals surface area contributed by atoms with E-state index < -0.39 is 5.60 Å². The maximum Gasteiger partial charge on any atom is 0.118 e. The fourth-order valence-corrected chi connectivity index (χ4v) is 3.38. The molecule has 1 aromatic carbocycles. The zero-order valence-electron chi connectivity index (χ0n) is 12.6. The Balaban J connectivity index is 0.00000200. The second-order valence-corrected chi connectivity index (χ2v) is 5.78. The normalized spacial score (nSPS) is 18.9. The SMILES string of the molecule is CCCC(c1ccc(OC)cc1)C1(O)CCCCC1.Cl. The van der Waals surface area contributed by atoms with Crippen molar-refractivity contribution in [2.45, 2.75) is 63.4 Å². The van der Waals surface area contributed by atoms with Gasteiger partial charge in [-0.05, 0) is 37.0 Å². The van der Waals surface area contributed by atoms with E-state index in [4.69, 9.17) is 4.74 Å². The molecular formula is C17H27ClO2. The van der Waals surface area contributed by atoms with Crippen molar-refractivity contribution in [1.82, 2.24) is 0 Å². The summed E-state index contributed by atoms with van der Waals surface area (Å²) in [5.41, 5.74) is 0.759. The predicted molar refractivity (Wildman–Crippen MR) is 85.9 cm³/mol. The van der Waals surface area contributed by atoms with E-state index in [2.05, 4.69) is 19.1 Å². The molecule has 0 heterocycles. The Bertz CT molecular complexity index is 382. The summed E-state index contributed by atoms with van der Waals surface area (Å²) in [6.45, 7) is 2.20. The first kappa shape index (κ1) is 17.3. The van der Waals surface area contributed by atoms with Gasteiger partial charge < -0.3 is 9.84 Å². The Hall–Kier alpha value is -0.730. The highest BCUT2D eigenvalue weighted by molar-refractivity contribution is 5.85. The molecule has 2 nitrogen and oxygen atoms in total. The molecule has 1 aliphatic carbocycles. The molecule has 20 heavy (non-hydrogen) atoms. The van der Waals surface area contributed by atoms with Crippen LogP contribution < -0.4 is 4.74 Å². The van der Waals surface area contributed by atoms with Crippen LogP contribution in [0.15, 0.2) is 24.3 Å². The van der Waals surface area contributed by atoms with Gasteiger partial charge in [0.1, 0.15) is 5.75 Å². The van der Waals surface area contributed by atoms with Crippen LogP contribution in [0.3, 0.4) is 0 Å². The highest BCUT2D eigenvalue weighted by atomic mass is 35.5. The summed E-state index contributed by atoms with van der Waals surface area (Å²) < 4.78 is 5.22. The third-order valence-electron chi connectivity index (χ3n) is 4.46. The number of hydrogen-bond acceptors (Lipinski definition) is 2. The molecular weight excluding hydrogens is 272 g/mol. The van der Waals surface area contributed by atoms with Gasteiger partial charge in [0, 0.05) is 5.92 Å². The lowest BCUT2D eigenvalue weighted by molar-refractivity contribution is -0.0243. The molecule has 1 fully saturated rings. The topological polar surface area (TPSA) is 29.5 Å². The van der Waals surface area contributed by atoms with Gasteiger partial charge in [-0.15, -0.1) is 12.4 Å². The van der Waals surface area contributed by atoms with Crippen LogP contribution in [0, 0.1) is 0 Å². The van der Waals surface area contributed by atoms with Crippen LogP contribution in [0.5, 0.6) is 5.75 Å². The lowest BCUT2D eigenvalue weighted by Gasteiger charge is -2.39. The fourth-order valence-electron chi connectivity index (χ4n) is 3.38. The average Bonchev–Trinajstić information content (AvgIpc) is 2.45. The van der Waals surface area contributed by atoms with Crippen LogP contribution in [-0.4, -0.2) is 17.8 Å². The second kappa shape index (κ2) is 7.90. The van der Waals surface area contributed by atoms with E-state index in [1.165, 1.54) is 12.0 Å². The van der Waals surface area contributed by atoms with Crippen LogP contribution in [0.1, 0.15) is 63.4 Å². The second-order valence-electron chi connectivity index (χ2n) is 5.78. The largest absolute Gasteiger partial charge is 0.497 e. The standard InChI is InChI=1S/C17H26O2.ClH/c1-3-7-16(17(18)12-5-4-6-13-17)14-8-10-15(19-2)11-9-14;/h8-11,16,18H,3-7,12-13H2,1-2H3;1H. The van der Waals surface area contributed by atoms with Gasteiger partial charge in [-0.25, -0.2) is 0 Å². The molecule has 1 unspecified atom stereocenters. The van der Waals surface area contributed by atoms with E-state index in [9.17, 15) is 5.11 Å². The first-order valence-corrected chi connectivity index (χ1v) is 7.56. The molecule has 3 heteroatoms. The van der Waals surface area contributed by atoms with Crippen LogP contribution in [0.4, 0.5) is 0 Å². The lowest BCUT2D eigenvalue weighted by Crippen LogP contribution is -2.38. The first-order chi connectivity index (χ1) is 9.19. The van der Waals surface area contributed by atoms with Gasteiger partial charge in [0.25, 0.3) is 0 Å². The van der Waals surface area contributed by atoms with Crippen molar-refractivity contribution in [1.29, 1.82) is 0 Å². The van der Waals surface area contributed by atoms with Crippen molar-refractivity contribution in [3.63, 3.8) is 0 Å². The summed E-state index contributed by atoms with van der Waals surface area (Å²) in [5, 5.41) is 11.0. The van der Waals surface area contributed by atoms with Crippen molar-refractivity contribution in [3.05, 3.63) is 29.8 Å². The van der Waals surface area contributed by atoms with Crippen molar-refractivity contribution in [3.8, 4) is 5.75 Å². The fraction of sp³-hybridized carbons (Fsp3) is 0.647. The van der Waals surface area contributed by atoms with Gasteiger partial charge in [-0.1, -0.05) is 44.7 Å². The van der Waals surface area contributed by atoms with Crippen LogP contribution in [-0.2, 0) is 0 Å². The number of ether oxygens (including phenoxy) is 1. The van der Waals surface area contributed by atoms with E-state index in [0.29, 0.717) is 0 Å². The first-order valence-electron chi connectivity index (χ1n) is 7.56. The molecule has 1 atom stereocenters. The minimum Gasteiger partial charge on any atom is -0.497 e. The number of halogens is 1. The summed E-state index contributed by atoms with van der Waals surface area (Å²) in [5.74, 6) is 1.15.